The van der Waals surface area contributed by atoms with E-state index in [1.54, 1.807) is 12.5 Å². The van der Waals surface area contributed by atoms with Gasteiger partial charge in [-0.1, -0.05) is 13.3 Å². The first-order valence-electron chi connectivity index (χ1n) is 9.48. The van der Waals surface area contributed by atoms with Crippen molar-refractivity contribution >= 4 is 5.97 Å². The third kappa shape index (κ3) is 2.06. The van der Waals surface area contributed by atoms with Crippen molar-refractivity contribution in [2.24, 2.45) is 16.7 Å². The van der Waals surface area contributed by atoms with Crippen molar-refractivity contribution in [3.8, 4) is 0 Å². The normalized spacial score (nSPS) is 47.5. The molecule has 0 amide bonds. The quantitative estimate of drug-likeness (QED) is 0.705. The fourth-order valence-electron chi connectivity index (χ4n) is 6.36. The fourth-order valence-corrected chi connectivity index (χ4v) is 6.36. The van der Waals surface area contributed by atoms with Gasteiger partial charge in [-0.25, -0.2) is 0 Å². The highest BCUT2D eigenvalue weighted by Crippen LogP contribution is 2.67. The van der Waals surface area contributed by atoms with Crippen LogP contribution in [0.15, 0.2) is 23.0 Å². The van der Waals surface area contributed by atoms with E-state index in [0.717, 1.165) is 18.4 Å². The number of aryl methyl sites for hydroxylation is 1. The molecule has 3 fully saturated rings. The largest absolute Gasteiger partial charge is 0.472 e. The van der Waals surface area contributed by atoms with Gasteiger partial charge in [0.25, 0.3) is 0 Å². The summed E-state index contributed by atoms with van der Waals surface area (Å²) < 4.78 is 10.8. The van der Waals surface area contributed by atoms with Crippen LogP contribution >= 0.6 is 0 Å². The summed E-state index contributed by atoms with van der Waals surface area (Å²) in [5, 5.41) is 33.2. The number of ether oxygens (including phenoxy) is 1. The van der Waals surface area contributed by atoms with Crippen LogP contribution in [0.1, 0.15) is 51.5 Å². The van der Waals surface area contributed by atoms with Gasteiger partial charge in [-0.3, -0.25) is 4.79 Å². The predicted molar refractivity (Wildman–Crippen MR) is 92.1 cm³/mol. The molecule has 2 heterocycles. The highest BCUT2D eigenvalue weighted by molar-refractivity contribution is 5.80. The molecule has 26 heavy (non-hydrogen) atoms. The van der Waals surface area contributed by atoms with Crippen LogP contribution < -0.4 is 0 Å². The number of aliphatic hydroxyl groups excluding tert-OH is 1. The second-order valence-corrected chi connectivity index (χ2v) is 9.00. The molecular formula is C20H28O6. The van der Waals surface area contributed by atoms with Crippen molar-refractivity contribution in [1.29, 1.82) is 0 Å². The smallest absolute Gasteiger partial charge is 0.312 e. The van der Waals surface area contributed by atoms with Gasteiger partial charge < -0.3 is 24.5 Å². The maximum Gasteiger partial charge on any atom is 0.312 e. The predicted octanol–water partition coefficient (Wildman–Crippen LogP) is 1.81. The van der Waals surface area contributed by atoms with E-state index in [-0.39, 0.29) is 24.7 Å². The van der Waals surface area contributed by atoms with Crippen LogP contribution in [0, 0.1) is 16.7 Å². The third-order valence-corrected chi connectivity index (χ3v) is 7.73. The Morgan fingerprint density at radius 1 is 1.27 bits per heavy atom. The monoisotopic (exact) mass is 364 g/mol. The van der Waals surface area contributed by atoms with Crippen molar-refractivity contribution < 1.29 is 29.3 Å². The minimum atomic E-state index is -1.71. The maximum absolute atomic E-state index is 12.6. The number of hydrogen-bond acceptors (Lipinski definition) is 6. The van der Waals surface area contributed by atoms with E-state index in [0.29, 0.717) is 12.8 Å². The van der Waals surface area contributed by atoms with Crippen molar-refractivity contribution in [3.05, 3.63) is 24.2 Å². The average Bonchev–Trinajstić information content (AvgIpc) is 3.19. The molecule has 1 saturated heterocycles. The fraction of sp³-hybridized carbons (Fsp3) is 0.750. The Labute approximate surface area is 153 Å². The van der Waals surface area contributed by atoms with Crippen LogP contribution in [0.2, 0.25) is 0 Å². The van der Waals surface area contributed by atoms with Crippen molar-refractivity contribution in [3.63, 3.8) is 0 Å². The lowest BCUT2D eigenvalue weighted by molar-refractivity contribution is -0.295. The van der Waals surface area contributed by atoms with Gasteiger partial charge in [0.1, 0.15) is 17.3 Å². The van der Waals surface area contributed by atoms with E-state index in [2.05, 4.69) is 0 Å². The summed E-state index contributed by atoms with van der Waals surface area (Å²) in [7, 11) is 0. The van der Waals surface area contributed by atoms with E-state index in [1.165, 1.54) is 0 Å². The number of esters is 1. The first-order chi connectivity index (χ1) is 12.2. The molecule has 1 aromatic heterocycles. The lowest BCUT2D eigenvalue weighted by Gasteiger charge is -2.64. The molecule has 1 aromatic rings. The minimum absolute atomic E-state index is 0.0625. The van der Waals surface area contributed by atoms with Crippen LogP contribution in [0.3, 0.4) is 0 Å². The highest BCUT2D eigenvalue weighted by atomic mass is 16.6. The van der Waals surface area contributed by atoms with Gasteiger partial charge in [-0.05, 0) is 44.2 Å². The van der Waals surface area contributed by atoms with Crippen LogP contribution in [-0.4, -0.2) is 45.2 Å². The summed E-state index contributed by atoms with van der Waals surface area (Å²) >= 11 is 0. The van der Waals surface area contributed by atoms with E-state index in [1.807, 2.05) is 19.9 Å². The van der Waals surface area contributed by atoms with Crippen molar-refractivity contribution in [2.45, 2.75) is 69.7 Å². The maximum atomic E-state index is 12.6. The highest BCUT2D eigenvalue weighted by Gasteiger charge is 2.75. The molecule has 2 aliphatic carbocycles. The second-order valence-electron chi connectivity index (χ2n) is 9.00. The molecule has 4 rings (SSSR count). The Hall–Kier alpha value is -1.37. The summed E-state index contributed by atoms with van der Waals surface area (Å²) in [6, 6.07) is 1.84. The second kappa shape index (κ2) is 5.57. The zero-order valence-corrected chi connectivity index (χ0v) is 15.4. The molecule has 1 aliphatic heterocycles. The Morgan fingerprint density at radius 2 is 2.04 bits per heavy atom. The third-order valence-electron chi connectivity index (χ3n) is 7.73. The summed E-state index contributed by atoms with van der Waals surface area (Å²) in [5.41, 5.74) is -3.67. The van der Waals surface area contributed by atoms with Crippen molar-refractivity contribution in [2.75, 3.05) is 6.61 Å². The Balaban J connectivity index is 1.78. The molecule has 1 unspecified atom stereocenters. The van der Waals surface area contributed by atoms with Gasteiger partial charge in [0.05, 0.1) is 24.5 Å². The Bertz CT molecular complexity index is 701. The lowest BCUT2D eigenvalue weighted by atomic mass is 9.42. The molecule has 6 atom stereocenters. The van der Waals surface area contributed by atoms with Gasteiger partial charge in [0.2, 0.25) is 0 Å². The average molecular weight is 364 g/mol. The zero-order valence-electron chi connectivity index (χ0n) is 15.4. The molecule has 0 spiro atoms. The standard InChI is InChI=1S/C20H28O6/c1-17-6-3-7-18(2)15(17)14(26-16(17)22)10-19(23,12-21)20(18,24)8-4-13-5-9-25-11-13/h5,9,11,14-15,21,23-24H,3-4,6-8,10,12H2,1-2H3/t14-,15?,17+,18+,19-,20+/m1/s1. The molecule has 0 bridgehead atoms. The minimum Gasteiger partial charge on any atom is -0.472 e. The molecule has 6 nitrogen and oxygen atoms in total. The molecule has 0 aromatic carbocycles. The van der Waals surface area contributed by atoms with Gasteiger partial charge >= 0.3 is 5.97 Å². The summed E-state index contributed by atoms with van der Waals surface area (Å²) in [5.74, 6) is -0.407. The number of carbonyl (C=O) groups excluding carboxylic acids is 1. The first-order valence-corrected chi connectivity index (χ1v) is 9.48. The van der Waals surface area contributed by atoms with Crippen LogP contribution in [0.4, 0.5) is 0 Å². The Morgan fingerprint density at radius 3 is 2.69 bits per heavy atom. The number of hydrogen-bond donors (Lipinski definition) is 3. The van der Waals surface area contributed by atoms with Gasteiger partial charge in [-0.2, -0.15) is 0 Å². The summed E-state index contributed by atoms with van der Waals surface area (Å²) in [4.78, 5) is 12.6. The zero-order chi connectivity index (χ0) is 18.8. The van der Waals surface area contributed by atoms with Gasteiger partial charge in [0.15, 0.2) is 0 Å². The van der Waals surface area contributed by atoms with E-state index in [4.69, 9.17) is 9.15 Å². The van der Waals surface area contributed by atoms with E-state index in [9.17, 15) is 20.1 Å². The molecule has 144 valence electrons. The molecule has 3 aliphatic rings. The van der Waals surface area contributed by atoms with Gasteiger partial charge in [0, 0.05) is 17.8 Å². The van der Waals surface area contributed by atoms with Gasteiger partial charge in [-0.15, -0.1) is 0 Å². The number of carbonyl (C=O) groups is 1. The molecule has 6 heteroatoms. The van der Waals surface area contributed by atoms with E-state index >= 15 is 0 Å². The number of rotatable bonds is 4. The first kappa shape index (κ1) is 18.0. The summed E-state index contributed by atoms with van der Waals surface area (Å²) in [6.45, 7) is 3.32. The molecular weight excluding hydrogens is 336 g/mol. The van der Waals surface area contributed by atoms with Crippen LogP contribution in [0.5, 0.6) is 0 Å². The van der Waals surface area contributed by atoms with Crippen molar-refractivity contribution in [1.82, 2.24) is 0 Å². The van der Waals surface area contributed by atoms with Crippen LogP contribution in [0.25, 0.3) is 0 Å². The molecule has 0 radical (unpaired) electrons. The number of furan rings is 1. The molecule has 3 N–H and O–H groups in total. The number of aliphatic hydroxyl groups is 3. The lowest BCUT2D eigenvalue weighted by Crippen LogP contribution is -2.74. The molecule has 2 saturated carbocycles. The topological polar surface area (TPSA) is 100 Å². The SMILES string of the molecule is C[C@@]12CCC[C@]3(C)C(=O)O[C@H](C[C@@](O)(CO)[C@]1(O)CCc1ccoc1)C23. The Kier molecular flexibility index (Phi) is 3.86. The van der Waals surface area contributed by atoms with Crippen LogP contribution in [-0.2, 0) is 16.0 Å². The van der Waals surface area contributed by atoms with E-state index < -0.39 is 34.7 Å². The summed E-state index contributed by atoms with van der Waals surface area (Å²) in [6.07, 6.45) is 5.81.